The smallest absolute Gasteiger partial charge is 0.348 e. The highest BCUT2D eigenvalue weighted by Crippen LogP contribution is 2.84. The first kappa shape index (κ1) is 11.3. The molecule has 0 amide bonds. The van der Waals surface area contributed by atoms with Crippen LogP contribution >= 0.6 is 0 Å². The largest absolute Gasteiger partial charge is 0.419 e. The molecule has 2 bridgehead atoms. The number of cyclic esters (lactones) is 2. The van der Waals surface area contributed by atoms with Crippen LogP contribution < -0.4 is 0 Å². The van der Waals surface area contributed by atoms with Crippen molar-refractivity contribution in [2.24, 2.45) is 47.3 Å². The summed E-state index contributed by atoms with van der Waals surface area (Å²) in [5.41, 5.74) is 1.42. The minimum absolute atomic E-state index is 0.271. The van der Waals surface area contributed by atoms with E-state index in [0.29, 0.717) is 11.8 Å². The molecule has 1 saturated heterocycles. The molecule has 4 nitrogen and oxygen atoms in total. The molecule has 21 heavy (non-hydrogen) atoms. The minimum atomic E-state index is -1.13. The van der Waals surface area contributed by atoms with E-state index in [4.69, 9.17) is 9.47 Å². The predicted octanol–water partition coefficient (Wildman–Crippen LogP) is 1.90. The van der Waals surface area contributed by atoms with E-state index in [1.807, 2.05) is 0 Å². The minimum Gasteiger partial charge on any atom is -0.419 e. The molecule has 8 atom stereocenters. The lowest BCUT2D eigenvalue weighted by Gasteiger charge is -2.46. The summed E-state index contributed by atoms with van der Waals surface area (Å²) in [6.07, 6.45) is 2.67. The van der Waals surface area contributed by atoms with E-state index in [1.165, 1.54) is 12.8 Å². The van der Waals surface area contributed by atoms with Crippen molar-refractivity contribution in [2.75, 3.05) is 0 Å². The summed E-state index contributed by atoms with van der Waals surface area (Å²) in [6.45, 7) is 3.23. The molecule has 0 aromatic carbocycles. The number of rotatable bonds is 0. The lowest BCUT2D eigenvalue weighted by Crippen LogP contribution is -2.45. The Hall–Kier alpha value is -1.32. The van der Waals surface area contributed by atoms with Gasteiger partial charge in [0.15, 0.2) is 0 Å². The van der Waals surface area contributed by atoms with E-state index in [2.05, 4.69) is 0 Å². The maximum atomic E-state index is 12.4. The summed E-state index contributed by atoms with van der Waals surface area (Å²) in [7, 11) is 0. The van der Waals surface area contributed by atoms with Gasteiger partial charge in [-0.3, -0.25) is 0 Å². The van der Waals surface area contributed by atoms with Crippen LogP contribution in [0.5, 0.6) is 0 Å². The number of allylic oxidation sites excluding steroid dienone is 1. The summed E-state index contributed by atoms with van der Waals surface area (Å²) >= 11 is 0. The highest BCUT2D eigenvalue weighted by Gasteiger charge is 2.79. The number of fused-ring (bicyclic) bond motifs is 2. The van der Waals surface area contributed by atoms with Gasteiger partial charge in [0.1, 0.15) is 5.57 Å². The Labute approximate surface area is 122 Å². The van der Waals surface area contributed by atoms with Crippen LogP contribution in [0.1, 0.15) is 26.7 Å². The van der Waals surface area contributed by atoms with Gasteiger partial charge in [0.25, 0.3) is 5.79 Å². The number of esters is 2. The van der Waals surface area contributed by atoms with Crippen molar-refractivity contribution in [1.29, 1.82) is 0 Å². The van der Waals surface area contributed by atoms with Gasteiger partial charge in [-0.25, -0.2) is 9.59 Å². The van der Waals surface area contributed by atoms with Crippen LogP contribution in [0.3, 0.4) is 0 Å². The molecule has 6 rings (SSSR count). The standard InChI is InChI=1S/C17H18O4/c1-17(2)20-15(18)14(16(19)21-17)13-10-6-4-7-9-5(6)3-8(10)11(9)12(7)13/h5-12H,3-4H2,1-2H3/t5-,6-,7+,8+,9+,10-,11-,12-/m1/s1. The van der Waals surface area contributed by atoms with Gasteiger partial charge < -0.3 is 9.47 Å². The maximum absolute atomic E-state index is 12.4. The van der Waals surface area contributed by atoms with Crippen molar-refractivity contribution < 1.29 is 19.1 Å². The van der Waals surface area contributed by atoms with Crippen LogP contribution in [0.15, 0.2) is 11.1 Å². The molecule has 6 aliphatic rings. The molecule has 0 aromatic rings. The van der Waals surface area contributed by atoms with Crippen molar-refractivity contribution in [2.45, 2.75) is 32.5 Å². The molecule has 0 aromatic heterocycles. The number of ether oxygens (including phenoxy) is 2. The Balaban J connectivity index is 1.53. The van der Waals surface area contributed by atoms with E-state index < -0.39 is 17.7 Å². The average molecular weight is 286 g/mol. The molecule has 5 saturated carbocycles. The molecule has 0 spiro atoms. The van der Waals surface area contributed by atoms with Crippen LogP contribution in [-0.2, 0) is 19.1 Å². The van der Waals surface area contributed by atoms with Gasteiger partial charge in [-0.05, 0) is 65.8 Å². The Morgan fingerprint density at radius 3 is 2.19 bits per heavy atom. The Kier molecular flexibility index (Phi) is 1.57. The zero-order valence-corrected chi connectivity index (χ0v) is 12.2. The third-order valence-corrected chi connectivity index (χ3v) is 7.46. The average Bonchev–Trinajstić information content (AvgIpc) is 2.85. The second-order valence-corrected chi connectivity index (χ2v) is 8.34. The van der Waals surface area contributed by atoms with Gasteiger partial charge in [-0.1, -0.05) is 0 Å². The quantitative estimate of drug-likeness (QED) is 0.388. The molecule has 4 heteroatoms. The molecule has 0 N–H and O–H groups in total. The zero-order chi connectivity index (χ0) is 14.3. The number of hydrogen-bond donors (Lipinski definition) is 0. The van der Waals surface area contributed by atoms with Crippen molar-refractivity contribution in [3.63, 3.8) is 0 Å². The highest BCUT2D eigenvalue weighted by molar-refractivity contribution is 6.16. The molecule has 1 aliphatic heterocycles. The third kappa shape index (κ3) is 0.984. The van der Waals surface area contributed by atoms with Crippen LogP contribution in [0.4, 0.5) is 0 Å². The molecule has 110 valence electrons. The summed E-state index contributed by atoms with van der Waals surface area (Å²) in [5, 5.41) is 0. The fourth-order valence-corrected chi connectivity index (χ4v) is 7.40. The van der Waals surface area contributed by atoms with Gasteiger partial charge >= 0.3 is 11.9 Å². The first-order valence-electron chi connectivity index (χ1n) is 8.19. The van der Waals surface area contributed by atoms with Gasteiger partial charge in [0.05, 0.1) is 0 Å². The molecule has 0 unspecified atom stereocenters. The van der Waals surface area contributed by atoms with Crippen LogP contribution in [0.25, 0.3) is 0 Å². The SMILES string of the molecule is CC1(C)OC(=O)C(=C2[C@@H]3[C@@H]4C[C@@H]5[C@@H]2[C@@H]2[C@H]3C[C@H]4[C@@H]52)C(=O)O1. The van der Waals surface area contributed by atoms with Crippen molar-refractivity contribution in [3.05, 3.63) is 11.1 Å². The topological polar surface area (TPSA) is 52.6 Å². The number of hydrogen-bond acceptors (Lipinski definition) is 4. The van der Waals surface area contributed by atoms with Crippen molar-refractivity contribution in [3.8, 4) is 0 Å². The second-order valence-electron chi connectivity index (χ2n) is 8.34. The zero-order valence-electron chi connectivity index (χ0n) is 12.2. The lowest BCUT2D eigenvalue weighted by atomic mass is 9.58. The molecule has 5 aliphatic carbocycles. The monoisotopic (exact) mass is 286 g/mol. The molecule has 1 heterocycles. The summed E-state index contributed by atoms with van der Waals surface area (Å²) in [4.78, 5) is 24.8. The summed E-state index contributed by atoms with van der Waals surface area (Å²) in [5.74, 6) is 3.74. The van der Waals surface area contributed by atoms with Gasteiger partial charge in [0, 0.05) is 13.8 Å². The van der Waals surface area contributed by atoms with E-state index in [9.17, 15) is 9.59 Å². The van der Waals surface area contributed by atoms with Gasteiger partial charge in [-0.15, -0.1) is 0 Å². The molecular weight excluding hydrogens is 268 g/mol. The lowest BCUT2D eigenvalue weighted by molar-refractivity contribution is -0.222. The van der Waals surface area contributed by atoms with Gasteiger partial charge in [-0.2, -0.15) is 0 Å². The van der Waals surface area contributed by atoms with Gasteiger partial charge in [0.2, 0.25) is 0 Å². The van der Waals surface area contributed by atoms with Crippen molar-refractivity contribution >= 4 is 11.9 Å². The van der Waals surface area contributed by atoms with Crippen LogP contribution in [0.2, 0.25) is 0 Å². The highest BCUT2D eigenvalue weighted by atomic mass is 16.7. The fourth-order valence-electron chi connectivity index (χ4n) is 7.40. The first-order chi connectivity index (χ1) is 9.98. The van der Waals surface area contributed by atoms with E-state index in [1.54, 1.807) is 13.8 Å². The first-order valence-corrected chi connectivity index (χ1v) is 8.19. The maximum Gasteiger partial charge on any atom is 0.348 e. The van der Waals surface area contributed by atoms with Crippen molar-refractivity contribution in [1.82, 2.24) is 0 Å². The Morgan fingerprint density at radius 1 is 0.857 bits per heavy atom. The molecule has 6 fully saturated rings. The second kappa shape index (κ2) is 2.92. The van der Waals surface area contributed by atoms with E-state index >= 15 is 0 Å². The van der Waals surface area contributed by atoms with Crippen LogP contribution in [-0.4, -0.2) is 17.7 Å². The fraction of sp³-hybridized carbons (Fsp3) is 0.765. The van der Waals surface area contributed by atoms with Crippen LogP contribution in [0, 0.1) is 47.3 Å². The molecular formula is C17H18O4. The molecule has 0 radical (unpaired) electrons. The predicted molar refractivity (Wildman–Crippen MR) is 70.4 cm³/mol. The third-order valence-electron chi connectivity index (χ3n) is 7.46. The van der Waals surface area contributed by atoms with E-state index in [0.717, 1.165) is 41.1 Å². The number of carbonyl (C=O) groups excluding carboxylic acids is 2. The van der Waals surface area contributed by atoms with E-state index in [-0.39, 0.29) is 5.57 Å². The Morgan fingerprint density at radius 2 is 1.48 bits per heavy atom. The summed E-state index contributed by atoms with van der Waals surface area (Å²) in [6, 6.07) is 0. The number of carbonyl (C=O) groups is 2. The Bertz CT molecular complexity index is 632. The normalized spacial score (nSPS) is 56.9. The summed E-state index contributed by atoms with van der Waals surface area (Å²) < 4.78 is 10.7.